The SMILES string of the molecule is Nc1nccc(C(=O)Nc2cccc(F)c2F)c1F. The van der Waals surface area contributed by atoms with E-state index < -0.39 is 34.7 Å². The zero-order valence-corrected chi connectivity index (χ0v) is 9.45. The number of aromatic nitrogens is 1. The molecule has 19 heavy (non-hydrogen) atoms. The van der Waals surface area contributed by atoms with Crippen LogP contribution in [0.4, 0.5) is 24.7 Å². The molecule has 1 aromatic heterocycles. The number of pyridine rings is 1. The van der Waals surface area contributed by atoms with Crippen LogP contribution in [0.15, 0.2) is 30.5 Å². The molecule has 2 aromatic rings. The molecule has 0 aliphatic rings. The second-order valence-electron chi connectivity index (χ2n) is 3.61. The Kier molecular flexibility index (Phi) is 3.37. The first kappa shape index (κ1) is 12.9. The highest BCUT2D eigenvalue weighted by molar-refractivity contribution is 6.04. The number of anilines is 2. The minimum Gasteiger partial charge on any atom is -0.381 e. The Morgan fingerprint density at radius 3 is 2.63 bits per heavy atom. The Hall–Kier alpha value is -2.57. The van der Waals surface area contributed by atoms with Crippen molar-refractivity contribution in [3.05, 3.63) is 53.5 Å². The molecule has 1 amide bonds. The summed E-state index contributed by atoms with van der Waals surface area (Å²) >= 11 is 0. The number of rotatable bonds is 2. The molecule has 0 aliphatic heterocycles. The van der Waals surface area contributed by atoms with Gasteiger partial charge in [-0.1, -0.05) is 6.07 Å². The van der Waals surface area contributed by atoms with E-state index in [1.807, 2.05) is 0 Å². The highest BCUT2D eigenvalue weighted by Crippen LogP contribution is 2.19. The fraction of sp³-hybridized carbons (Fsp3) is 0. The maximum absolute atomic E-state index is 13.5. The van der Waals surface area contributed by atoms with Gasteiger partial charge in [0.15, 0.2) is 23.3 Å². The van der Waals surface area contributed by atoms with Gasteiger partial charge >= 0.3 is 0 Å². The van der Waals surface area contributed by atoms with E-state index in [0.29, 0.717) is 0 Å². The lowest BCUT2D eigenvalue weighted by atomic mass is 10.2. The minimum atomic E-state index is -1.22. The third-order valence-corrected chi connectivity index (χ3v) is 2.36. The Morgan fingerprint density at radius 1 is 1.16 bits per heavy atom. The van der Waals surface area contributed by atoms with E-state index in [0.717, 1.165) is 24.4 Å². The highest BCUT2D eigenvalue weighted by atomic mass is 19.2. The molecule has 0 saturated carbocycles. The lowest BCUT2D eigenvalue weighted by molar-refractivity contribution is 0.102. The van der Waals surface area contributed by atoms with Crippen molar-refractivity contribution >= 4 is 17.4 Å². The molecule has 3 N–H and O–H groups in total. The number of hydrogen-bond acceptors (Lipinski definition) is 3. The van der Waals surface area contributed by atoms with Gasteiger partial charge in [0, 0.05) is 6.20 Å². The van der Waals surface area contributed by atoms with Crippen LogP contribution < -0.4 is 11.1 Å². The van der Waals surface area contributed by atoms with Gasteiger partial charge < -0.3 is 11.1 Å². The molecule has 0 saturated heterocycles. The van der Waals surface area contributed by atoms with Gasteiger partial charge in [0.1, 0.15) is 0 Å². The number of nitrogens with zero attached hydrogens (tertiary/aromatic N) is 1. The third-order valence-electron chi connectivity index (χ3n) is 2.36. The number of nitrogens with one attached hydrogen (secondary N) is 1. The van der Waals surface area contributed by atoms with E-state index in [1.165, 1.54) is 6.07 Å². The second kappa shape index (κ2) is 4.97. The largest absolute Gasteiger partial charge is 0.381 e. The van der Waals surface area contributed by atoms with E-state index in [9.17, 15) is 18.0 Å². The first-order valence-corrected chi connectivity index (χ1v) is 5.16. The van der Waals surface area contributed by atoms with E-state index in [2.05, 4.69) is 10.3 Å². The minimum absolute atomic E-state index is 0.389. The van der Waals surface area contributed by atoms with Gasteiger partial charge in [0.2, 0.25) is 0 Å². The van der Waals surface area contributed by atoms with Crippen LogP contribution in [0, 0.1) is 17.5 Å². The van der Waals surface area contributed by atoms with Crippen molar-refractivity contribution in [1.82, 2.24) is 4.98 Å². The first-order valence-electron chi connectivity index (χ1n) is 5.16. The number of nitrogens with two attached hydrogens (primary N) is 1. The Bertz CT molecular complexity index is 646. The van der Waals surface area contributed by atoms with Gasteiger partial charge in [0.05, 0.1) is 11.3 Å². The molecule has 0 atom stereocenters. The molecule has 0 radical (unpaired) electrons. The highest BCUT2D eigenvalue weighted by Gasteiger charge is 2.17. The Morgan fingerprint density at radius 2 is 1.89 bits per heavy atom. The van der Waals surface area contributed by atoms with Crippen LogP contribution in [0.2, 0.25) is 0 Å². The summed E-state index contributed by atoms with van der Waals surface area (Å²) in [5.41, 5.74) is 4.41. The monoisotopic (exact) mass is 267 g/mol. The zero-order chi connectivity index (χ0) is 14.0. The van der Waals surface area contributed by atoms with Crippen molar-refractivity contribution in [2.45, 2.75) is 0 Å². The fourth-order valence-corrected chi connectivity index (χ4v) is 1.43. The maximum Gasteiger partial charge on any atom is 0.258 e. The summed E-state index contributed by atoms with van der Waals surface area (Å²) in [7, 11) is 0. The fourth-order valence-electron chi connectivity index (χ4n) is 1.43. The standard InChI is InChI=1S/C12H8F3N3O/c13-7-2-1-3-8(10(7)15)18-12(19)6-4-5-17-11(16)9(6)14/h1-5H,(H2,16,17)(H,18,19). The zero-order valence-electron chi connectivity index (χ0n) is 9.45. The number of nitrogen functional groups attached to an aromatic ring is 1. The van der Waals surface area contributed by atoms with Crippen LogP contribution in [0.5, 0.6) is 0 Å². The molecule has 0 fully saturated rings. The van der Waals surface area contributed by atoms with Crippen molar-refractivity contribution in [3.63, 3.8) is 0 Å². The second-order valence-corrected chi connectivity index (χ2v) is 3.61. The number of hydrogen-bond donors (Lipinski definition) is 2. The van der Waals surface area contributed by atoms with E-state index in [1.54, 1.807) is 0 Å². The summed E-state index contributed by atoms with van der Waals surface area (Å²) in [5.74, 6) is -4.76. The van der Waals surface area contributed by atoms with Crippen LogP contribution in [-0.2, 0) is 0 Å². The third kappa shape index (κ3) is 2.49. The molecule has 0 bridgehead atoms. The number of benzene rings is 1. The topological polar surface area (TPSA) is 68.0 Å². The van der Waals surface area contributed by atoms with Crippen LogP contribution in [0.25, 0.3) is 0 Å². The van der Waals surface area contributed by atoms with Gasteiger partial charge in [-0.25, -0.2) is 18.2 Å². The molecule has 0 aliphatic carbocycles. The number of carbonyl (C=O) groups excluding carboxylic acids is 1. The smallest absolute Gasteiger partial charge is 0.258 e. The van der Waals surface area contributed by atoms with E-state index >= 15 is 0 Å². The summed E-state index contributed by atoms with van der Waals surface area (Å²) in [6, 6.07) is 4.35. The van der Waals surface area contributed by atoms with Crippen LogP contribution in [-0.4, -0.2) is 10.9 Å². The normalized spacial score (nSPS) is 10.3. The predicted molar refractivity (Wildman–Crippen MR) is 62.9 cm³/mol. The van der Waals surface area contributed by atoms with Gasteiger partial charge in [-0.15, -0.1) is 0 Å². The predicted octanol–water partition coefficient (Wildman–Crippen LogP) is 2.33. The molecule has 2 rings (SSSR count). The van der Waals surface area contributed by atoms with Gasteiger partial charge in [0.25, 0.3) is 5.91 Å². The number of halogens is 3. The van der Waals surface area contributed by atoms with Gasteiger partial charge in [-0.3, -0.25) is 4.79 Å². The van der Waals surface area contributed by atoms with Crippen LogP contribution >= 0.6 is 0 Å². The van der Waals surface area contributed by atoms with Gasteiger partial charge in [-0.2, -0.15) is 0 Å². The Labute approximate surface area is 106 Å². The molecule has 1 aromatic carbocycles. The molecule has 4 nitrogen and oxygen atoms in total. The maximum atomic E-state index is 13.5. The summed E-state index contributed by atoms with van der Waals surface area (Å²) in [6.45, 7) is 0. The van der Waals surface area contributed by atoms with Crippen molar-refractivity contribution in [1.29, 1.82) is 0 Å². The molecule has 0 spiro atoms. The lowest BCUT2D eigenvalue weighted by Gasteiger charge is -2.08. The van der Waals surface area contributed by atoms with Crippen molar-refractivity contribution in [2.75, 3.05) is 11.1 Å². The van der Waals surface area contributed by atoms with Crippen molar-refractivity contribution < 1.29 is 18.0 Å². The molecule has 0 unspecified atom stereocenters. The molecular weight excluding hydrogens is 259 g/mol. The Balaban J connectivity index is 2.31. The number of carbonyl (C=O) groups is 1. The molecule has 98 valence electrons. The average molecular weight is 267 g/mol. The van der Waals surface area contributed by atoms with E-state index in [4.69, 9.17) is 5.73 Å². The summed E-state index contributed by atoms with van der Waals surface area (Å²) in [5, 5.41) is 2.06. The summed E-state index contributed by atoms with van der Waals surface area (Å²) < 4.78 is 39.8. The summed E-state index contributed by atoms with van der Waals surface area (Å²) in [4.78, 5) is 15.2. The summed E-state index contributed by atoms with van der Waals surface area (Å²) in [6.07, 6.45) is 1.13. The van der Waals surface area contributed by atoms with Crippen molar-refractivity contribution in [3.8, 4) is 0 Å². The van der Waals surface area contributed by atoms with E-state index in [-0.39, 0.29) is 5.69 Å². The first-order chi connectivity index (χ1) is 9.00. The van der Waals surface area contributed by atoms with Gasteiger partial charge in [-0.05, 0) is 18.2 Å². The molecule has 1 heterocycles. The molecule has 7 heteroatoms. The van der Waals surface area contributed by atoms with Crippen LogP contribution in [0.1, 0.15) is 10.4 Å². The van der Waals surface area contributed by atoms with Crippen LogP contribution in [0.3, 0.4) is 0 Å². The molecular formula is C12H8F3N3O. The van der Waals surface area contributed by atoms with Crippen molar-refractivity contribution in [2.24, 2.45) is 0 Å². The number of amides is 1. The average Bonchev–Trinajstić information content (AvgIpc) is 2.38. The quantitative estimate of drug-likeness (QED) is 0.877. The lowest BCUT2D eigenvalue weighted by Crippen LogP contribution is -2.16.